The number of anilines is 1. The summed E-state index contributed by atoms with van der Waals surface area (Å²) in [6.45, 7) is 3.97. The van der Waals surface area contributed by atoms with Crippen molar-refractivity contribution in [2.75, 3.05) is 11.9 Å². The maximum Gasteiger partial charge on any atom is 0.277 e. The Hall–Kier alpha value is -1.69. The second-order valence-electron chi connectivity index (χ2n) is 3.94. The molecule has 0 bridgehead atoms. The van der Waals surface area contributed by atoms with E-state index in [-0.39, 0.29) is 5.69 Å². The highest BCUT2D eigenvalue weighted by molar-refractivity contribution is 5.48. The highest BCUT2D eigenvalue weighted by Crippen LogP contribution is 2.19. The summed E-state index contributed by atoms with van der Waals surface area (Å²) in [6, 6.07) is 1.38. The smallest absolute Gasteiger partial charge is 0.277 e. The van der Waals surface area contributed by atoms with Crippen LogP contribution < -0.4 is 5.32 Å². The van der Waals surface area contributed by atoms with E-state index in [0.29, 0.717) is 24.3 Å². The summed E-state index contributed by atoms with van der Waals surface area (Å²) in [5, 5.41) is 23.1. The molecule has 1 atom stereocenters. The molecule has 0 amide bonds. The van der Waals surface area contributed by atoms with Gasteiger partial charge in [0.1, 0.15) is 5.82 Å². The van der Waals surface area contributed by atoms with E-state index < -0.39 is 11.0 Å². The fourth-order valence-corrected chi connectivity index (χ4v) is 1.46. The van der Waals surface area contributed by atoms with Gasteiger partial charge in [0.15, 0.2) is 0 Å². The second kappa shape index (κ2) is 6.15. The van der Waals surface area contributed by atoms with Crippen molar-refractivity contribution in [3.05, 3.63) is 27.9 Å². The molecule has 17 heavy (non-hydrogen) atoms. The maximum atomic E-state index is 10.7. The average Bonchev–Trinajstić information content (AvgIpc) is 2.28. The molecule has 1 unspecified atom stereocenters. The van der Waals surface area contributed by atoms with Crippen LogP contribution in [0.2, 0.25) is 0 Å². The third-order valence-electron chi connectivity index (χ3n) is 2.41. The van der Waals surface area contributed by atoms with E-state index in [2.05, 4.69) is 10.3 Å². The van der Waals surface area contributed by atoms with Crippen LogP contribution in [0.5, 0.6) is 0 Å². The molecule has 6 nitrogen and oxygen atoms in total. The first-order valence-corrected chi connectivity index (χ1v) is 5.57. The molecule has 1 aromatic heterocycles. The van der Waals surface area contributed by atoms with Crippen molar-refractivity contribution in [3.63, 3.8) is 0 Å². The van der Waals surface area contributed by atoms with Gasteiger partial charge in [-0.1, -0.05) is 13.3 Å². The molecule has 1 heterocycles. The van der Waals surface area contributed by atoms with Gasteiger partial charge >= 0.3 is 0 Å². The van der Waals surface area contributed by atoms with Gasteiger partial charge in [-0.05, 0) is 13.3 Å². The first kappa shape index (κ1) is 13.4. The Kier molecular flexibility index (Phi) is 4.84. The Labute approximate surface area is 99.8 Å². The quantitative estimate of drug-likeness (QED) is 0.584. The zero-order chi connectivity index (χ0) is 12.8. The molecule has 6 heteroatoms. The number of nitrogens with one attached hydrogen (secondary N) is 1. The summed E-state index contributed by atoms with van der Waals surface area (Å²) < 4.78 is 0. The Morgan fingerprint density at radius 3 is 2.94 bits per heavy atom. The second-order valence-corrected chi connectivity index (χ2v) is 3.94. The van der Waals surface area contributed by atoms with Crippen molar-refractivity contribution in [2.24, 2.45) is 0 Å². The molecule has 1 rings (SSSR count). The SMILES string of the molecule is CCCC(O)CNc1cc([N+](=O)[O-])c(C)cn1. The van der Waals surface area contributed by atoms with E-state index in [1.54, 1.807) is 6.92 Å². The fourth-order valence-electron chi connectivity index (χ4n) is 1.46. The molecule has 0 fully saturated rings. The van der Waals surface area contributed by atoms with Gasteiger partial charge in [0.05, 0.1) is 17.1 Å². The van der Waals surface area contributed by atoms with Gasteiger partial charge in [0.25, 0.3) is 5.69 Å². The molecular weight excluding hydrogens is 222 g/mol. The van der Waals surface area contributed by atoms with E-state index in [1.165, 1.54) is 12.3 Å². The van der Waals surface area contributed by atoms with E-state index >= 15 is 0 Å². The van der Waals surface area contributed by atoms with Crippen LogP contribution in [0.25, 0.3) is 0 Å². The third kappa shape index (κ3) is 3.99. The monoisotopic (exact) mass is 239 g/mol. The Morgan fingerprint density at radius 1 is 1.65 bits per heavy atom. The Morgan fingerprint density at radius 2 is 2.35 bits per heavy atom. The van der Waals surface area contributed by atoms with Crippen molar-refractivity contribution in [1.82, 2.24) is 4.98 Å². The van der Waals surface area contributed by atoms with E-state index in [4.69, 9.17) is 0 Å². The van der Waals surface area contributed by atoms with Crippen molar-refractivity contribution in [3.8, 4) is 0 Å². The lowest BCUT2D eigenvalue weighted by molar-refractivity contribution is -0.385. The van der Waals surface area contributed by atoms with Crippen molar-refractivity contribution in [1.29, 1.82) is 0 Å². The molecule has 0 aliphatic rings. The number of nitrogens with zero attached hydrogens (tertiary/aromatic N) is 2. The number of rotatable bonds is 6. The zero-order valence-corrected chi connectivity index (χ0v) is 10.0. The van der Waals surface area contributed by atoms with Gasteiger partial charge in [-0.3, -0.25) is 10.1 Å². The summed E-state index contributed by atoms with van der Waals surface area (Å²) in [5.41, 5.74) is 0.558. The predicted octanol–water partition coefficient (Wildman–Crippen LogP) is 1.87. The standard InChI is InChI=1S/C11H17N3O3/c1-3-4-9(15)7-13-11-5-10(14(16)17)8(2)6-12-11/h5-6,9,15H,3-4,7H2,1-2H3,(H,12,13). The number of hydrogen-bond acceptors (Lipinski definition) is 5. The van der Waals surface area contributed by atoms with E-state index in [1.807, 2.05) is 6.92 Å². The number of aromatic nitrogens is 1. The number of aryl methyl sites for hydroxylation is 1. The molecule has 0 spiro atoms. The molecule has 0 saturated heterocycles. The molecule has 0 radical (unpaired) electrons. The van der Waals surface area contributed by atoms with Crippen molar-refractivity contribution in [2.45, 2.75) is 32.8 Å². The summed E-state index contributed by atoms with van der Waals surface area (Å²) in [4.78, 5) is 14.3. The molecule has 0 saturated carbocycles. The number of aliphatic hydroxyl groups excluding tert-OH is 1. The Balaban J connectivity index is 2.66. The van der Waals surface area contributed by atoms with Crippen LogP contribution in [-0.2, 0) is 0 Å². The minimum atomic E-state index is -0.456. The van der Waals surface area contributed by atoms with Gasteiger partial charge in [-0.2, -0.15) is 0 Å². The average molecular weight is 239 g/mol. The summed E-state index contributed by atoms with van der Waals surface area (Å²) in [7, 11) is 0. The normalized spacial score (nSPS) is 12.2. The van der Waals surface area contributed by atoms with Crippen LogP contribution in [0.1, 0.15) is 25.3 Å². The van der Waals surface area contributed by atoms with Gasteiger partial charge < -0.3 is 10.4 Å². The first-order chi connectivity index (χ1) is 8.04. The predicted molar refractivity (Wildman–Crippen MR) is 65.0 cm³/mol. The van der Waals surface area contributed by atoms with Crippen LogP contribution in [0.4, 0.5) is 11.5 Å². The summed E-state index contributed by atoms with van der Waals surface area (Å²) in [6.07, 6.45) is 2.58. The number of aliphatic hydroxyl groups is 1. The van der Waals surface area contributed by atoms with Crippen LogP contribution in [-0.4, -0.2) is 27.7 Å². The minimum absolute atomic E-state index is 0.0347. The Bertz CT molecular complexity index is 396. The van der Waals surface area contributed by atoms with Crippen LogP contribution in [0.15, 0.2) is 12.3 Å². The topological polar surface area (TPSA) is 88.3 Å². The number of hydrogen-bond donors (Lipinski definition) is 2. The van der Waals surface area contributed by atoms with Crippen LogP contribution in [0, 0.1) is 17.0 Å². The zero-order valence-electron chi connectivity index (χ0n) is 10.0. The highest BCUT2D eigenvalue weighted by atomic mass is 16.6. The number of nitro groups is 1. The minimum Gasteiger partial charge on any atom is -0.391 e. The van der Waals surface area contributed by atoms with Crippen LogP contribution >= 0.6 is 0 Å². The van der Waals surface area contributed by atoms with Crippen molar-refractivity contribution < 1.29 is 10.0 Å². The van der Waals surface area contributed by atoms with Gasteiger partial charge in [0.2, 0.25) is 0 Å². The van der Waals surface area contributed by atoms with Gasteiger partial charge in [-0.25, -0.2) is 4.98 Å². The van der Waals surface area contributed by atoms with Gasteiger partial charge in [-0.15, -0.1) is 0 Å². The third-order valence-corrected chi connectivity index (χ3v) is 2.41. The molecule has 0 aliphatic heterocycles. The van der Waals surface area contributed by atoms with E-state index in [0.717, 1.165) is 6.42 Å². The first-order valence-electron chi connectivity index (χ1n) is 5.57. The van der Waals surface area contributed by atoms with Gasteiger partial charge in [0, 0.05) is 18.3 Å². The molecule has 1 aromatic rings. The lowest BCUT2D eigenvalue weighted by atomic mass is 10.2. The molecule has 0 aliphatic carbocycles. The highest BCUT2D eigenvalue weighted by Gasteiger charge is 2.12. The van der Waals surface area contributed by atoms with Crippen LogP contribution in [0.3, 0.4) is 0 Å². The lowest BCUT2D eigenvalue weighted by Crippen LogP contribution is -2.19. The van der Waals surface area contributed by atoms with Crippen molar-refractivity contribution >= 4 is 11.5 Å². The molecule has 2 N–H and O–H groups in total. The van der Waals surface area contributed by atoms with E-state index in [9.17, 15) is 15.2 Å². The summed E-state index contributed by atoms with van der Waals surface area (Å²) in [5.74, 6) is 0.414. The molecular formula is C11H17N3O3. The lowest BCUT2D eigenvalue weighted by Gasteiger charge is -2.11. The summed E-state index contributed by atoms with van der Waals surface area (Å²) >= 11 is 0. The molecule has 94 valence electrons. The molecule has 0 aromatic carbocycles. The maximum absolute atomic E-state index is 10.7. The largest absolute Gasteiger partial charge is 0.391 e. The fraction of sp³-hybridized carbons (Fsp3) is 0.545. The number of pyridine rings is 1.